The first-order valence-corrected chi connectivity index (χ1v) is 6.54. The lowest BCUT2D eigenvalue weighted by Crippen LogP contribution is -2.10. The number of primary amides is 1. The minimum absolute atomic E-state index is 0.0592. The predicted molar refractivity (Wildman–Crippen MR) is 78.7 cm³/mol. The second kappa shape index (κ2) is 6.21. The van der Waals surface area contributed by atoms with Crippen LogP contribution in [-0.2, 0) is 0 Å². The Kier molecular flexibility index (Phi) is 4.38. The maximum absolute atomic E-state index is 11.0. The summed E-state index contributed by atoms with van der Waals surface area (Å²) in [5, 5.41) is 0. The van der Waals surface area contributed by atoms with Crippen molar-refractivity contribution in [3.63, 3.8) is 0 Å². The van der Waals surface area contributed by atoms with Crippen molar-refractivity contribution in [3.05, 3.63) is 59.7 Å². The first-order chi connectivity index (χ1) is 9.61. The molecule has 1 amide bonds. The lowest BCUT2D eigenvalue weighted by Gasteiger charge is -2.15. The molecule has 0 bridgehead atoms. The van der Waals surface area contributed by atoms with E-state index in [1.807, 2.05) is 31.2 Å². The van der Waals surface area contributed by atoms with E-state index in [4.69, 9.17) is 16.2 Å². The Morgan fingerprint density at radius 3 is 2.40 bits per heavy atom. The van der Waals surface area contributed by atoms with Crippen molar-refractivity contribution < 1.29 is 9.53 Å². The molecule has 20 heavy (non-hydrogen) atoms. The van der Waals surface area contributed by atoms with Gasteiger partial charge in [-0.2, -0.15) is 0 Å². The number of hydrogen-bond donors (Lipinski definition) is 2. The van der Waals surface area contributed by atoms with Gasteiger partial charge in [0.15, 0.2) is 0 Å². The highest BCUT2D eigenvalue weighted by Crippen LogP contribution is 2.29. The third-order valence-electron chi connectivity index (χ3n) is 3.12. The number of nitrogens with two attached hydrogens (primary N) is 2. The van der Waals surface area contributed by atoms with E-state index in [-0.39, 0.29) is 6.04 Å². The minimum Gasteiger partial charge on any atom is -0.457 e. The maximum Gasteiger partial charge on any atom is 0.248 e. The summed E-state index contributed by atoms with van der Waals surface area (Å²) in [6, 6.07) is 14.3. The molecule has 2 rings (SSSR count). The molecule has 0 radical (unpaired) electrons. The van der Waals surface area contributed by atoms with E-state index in [1.165, 1.54) is 0 Å². The highest BCUT2D eigenvalue weighted by Gasteiger charge is 2.10. The molecule has 0 saturated carbocycles. The fourth-order valence-corrected chi connectivity index (χ4v) is 1.91. The average molecular weight is 270 g/mol. The van der Waals surface area contributed by atoms with Crippen molar-refractivity contribution in [2.75, 3.05) is 0 Å². The molecule has 0 aliphatic heterocycles. The van der Waals surface area contributed by atoms with Crippen LogP contribution in [0.5, 0.6) is 11.5 Å². The lowest BCUT2D eigenvalue weighted by atomic mass is 10.0. The van der Waals surface area contributed by atoms with Crippen LogP contribution in [0.25, 0.3) is 0 Å². The summed E-state index contributed by atoms with van der Waals surface area (Å²) in [7, 11) is 0. The molecule has 104 valence electrons. The molecule has 0 fully saturated rings. The van der Waals surface area contributed by atoms with Gasteiger partial charge in [-0.25, -0.2) is 0 Å². The molecule has 1 atom stereocenters. The van der Waals surface area contributed by atoms with Crippen LogP contribution in [0.1, 0.15) is 35.3 Å². The molecule has 2 aromatic rings. The number of hydrogen-bond acceptors (Lipinski definition) is 3. The fraction of sp³-hybridized carbons (Fsp3) is 0.188. The van der Waals surface area contributed by atoms with Crippen molar-refractivity contribution in [2.45, 2.75) is 19.4 Å². The number of rotatable bonds is 5. The zero-order chi connectivity index (χ0) is 14.5. The predicted octanol–water partition coefficient (Wildman–Crippen LogP) is 2.99. The summed E-state index contributed by atoms with van der Waals surface area (Å²) in [6.45, 7) is 2.03. The summed E-state index contributed by atoms with van der Waals surface area (Å²) in [6.07, 6.45) is 0.834. The molecule has 0 heterocycles. The molecule has 0 aromatic heterocycles. The van der Waals surface area contributed by atoms with Crippen LogP contribution in [0.15, 0.2) is 48.5 Å². The summed E-state index contributed by atoms with van der Waals surface area (Å²) >= 11 is 0. The van der Waals surface area contributed by atoms with Crippen molar-refractivity contribution in [1.29, 1.82) is 0 Å². The number of ether oxygens (including phenoxy) is 1. The minimum atomic E-state index is -0.454. The highest BCUT2D eigenvalue weighted by molar-refractivity contribution is 5.92. The topological polar surface area (TPSA) is 78.3 Å². The third kappa shape index (κ3) is 3.16. The summed E-state index contributed by atoms with van der Waals surface area (Å²) in [4.78, 5) is 11.0. The summed E-state index contributed by atoms with van der Waals surface area (Å²) in [5.41, 5.74) is 12.7. The average Bonchev–Trinajstić information content (AvgIpc) is 2.47. The standard InChI is InChI=1S/C16H18N2O2/c1-2-14(17)13-5-3-4-6-15(13)20-12-9-7-11(8-10-12)16(18)19/h3-10,14H,2,17H2,1H3,(H2,18,19). The van der Waals surface area contributed by atoms with E-state index in [1.54, 1.807) is 24.3 Å². The SMILES string of the molecule is CCC(N)c1ccccc1Oc1ccc(C(N)=O)cc1. The Hall–Kier alpha value is -2.33. The Morgan fingerprint density at radius 2 is 1.80 bits per heavy atom. The number of para-hydroxylation sites is 1. The quantitative estimate of drug-likeness (QED) is 0.876. The molecule has 4 N–H and O–H groups in total. The van der Waals surface area contributed by atoms with Gasteiger partial charge >= 0.3 is 0 Å². The summed E-state index contributed by atoms with van der Waals surface area (Å²) in [5.74, 6) is 0.921. The second-order valence-electron chi connectivity index (χ2n) is 4.54. The summed E-state index contributed by atoms with van der Waals surface area (Å²) < 4.78 is 5.84. The van der Waals surface area contributed by atoms with Crippen LogP contribution >= 0.6 is 0 Å². The number of carbonyl (C=O) groups excluding carboxylic acids is 1. The number of amides is 1. The van der Waals surface area contributed by atoms with E-state index in [0.717, 1.165) is 17.7 Å². The number of carbonyl (C=O) groups is 1. The monoisotopic (exact) mass is 270 g/mol. The Morgan fingerprint density at radius 1 is 1.15 bits per heavy atom. The van der Waals surface area contributed by atoms with Crippen LogP contribution in [0, 0.1) is 0 Å². The van der Waals surface area contributed by atoms with Gasteiger partial charge in [-0.1, -0.05) is 25.1 Å². The van der Waals surface area contributed by atoms with E-state index in [9.17, 15) is 4.79 Å². The van der Waals surface area contributed by atoms with Gasteiger partial charge in [-0.05, 0) is 36.8 Å². The molecule has 4 heteroatoms. The molecule has 0 spiro atoms. The molecular weight excluding hydrogens is 252 g/mol. The van der Waals surface area contributed by atoms with E-state index >= 15 is 0 Å². The van der Waals surface area contributed by atoms with Crippen molar-refractivity contribution in [3.8, 4) is 11.5 Å². The van der Waals surface area contributed by atoms with Gasteiger partial charge in [0.05, 0.1) is 0 Å². The Bertz CT molecular complexity index is 594. The van der Waals surface area contributed by atoms with Crippen molar-refractivity contribution in [2.24, 2.45) is 11.5 Å². The maximum atomic E-state index is 11.0. The van der Waals surface area contributed by atoms with Gasteiger partial charge in [0.2, 0.25) is 5.91 Å². The van der Waals surface area contributed by atoms with Crippen LogP contribution < -0.4 is 16.2 Å². The molecule has 0 saturated heterocycles. The second-order valence-corrected chi connectivity index (χ2v) is 4.54. The first-order valence-electron chi connectivity index (χ1n) is 6.54. The third-order valence-corrected chi connectivity index (χ3v) is 3.12. The fourth-order valence-electron chi connectivity index (χ4n) is 1.91. The molecule has 4 nitrogen and oxygen atoms in total. The van der Waals surface area contributed by atoms with Crippen LogP contribution in [0.2, 0.25) is 0 Å². The molecule has 0 aliphatic rings. The van der Waals surface area contributed by atoms with E-state index in [2.05, 4.69) is 0 Å². The van der Waals surface area contributed by atoms with Gasteiger partial charge < -0.3 is 16.2 Å². The molecule has 0 aliphatic carbocycles. The van der Waals surface area contributed by atoms with Gasteiger partial charge in [-0.15, -0.1) is 0 Å². The lowest BCUT2D eigenvalue weighted by molar-refractivity contribution is 0.100. The van der Waals surface area contributed by atoms with Crippen molar-refractivity contribution in [1.82, 2.24) is 0 Å². The van der Waals surface area contributed by atoms with Crippen LogP contribution in [0.3, 0.4) is 0 Å². The van der Waals surface area contributed by atoms with Gasteiger partial charge in [0, 0.05) is 17.2 Å². The number of benzene rings is 2. The molecular formula is C16H18N2O2. The zero-order valence-electron chi connectivity index (χ0n) is 11.4. The van der Waals surface area contributed by atoms with Gasteiger partial charge in [-0.3, -0.25) is 4.79 Å². The first kappa shape index (κ1) is 14.1. The van der Waals surface area contributed by atoms with Gasteiger partial charge in [0.25, 0.3) is 0 Å². The van der Waals surface area contributed by atoms with Gasteiger partial charge in [0.1, 0.15) is 11.5 Å². The van der Waals surface area contributed by atoms with Crippen LogP contribution in [0.4, 0.5) is 0 Å². The van der Waals surface area contributed by atoms with Crippen molar-refractivity contribution >= 4 is 5.91 Å². The smallest absolute Gasteiger partial charge is 0.248 e. The van der Waals surface area contributed by atoms with Crippen LogP contribution in [-0.4, -0.2) is 5.91 Å². The molecule has 1 unspecified atom stereocenters. The highest BCUT2D eigenvalue weighted by atomic mass is 16.5. The van der Waals surface area contributed by atoms with E-state index < -0.39 is 5.91 Å². The van der Waals surface area contributed by atoms with E-state index in [0.29, 0.717) is 11.3 Å². The molecule has 2 aromatic carbocycles. The zero-order valence-corrected chi connectivity index (χ0v) is 11.4. The normalized spacial score (nSPS) is 11.9. The Balaban J connectivity index is 2.23. The largest absolute Gasteiger partial charge is 0.457 e. The Labute approximate surface area is 118 Å².